The molecule has 8 heteroatoms. The smallest absolute Gasteiger partial charge is 0.324 e. The van der Waals surface area contributed by atoms with E-state index in [0.29, 0.717) is 24.2 Å². The molecule has 2 aliphatic heterocycles. The molecule has 7 nitrogen and oxygen atoms in total. The zero-order chi connectivity index (χ0) is 16.6. The minimum Gasteiger partial charge on any atom is -0.481 e. The molecule has 0 bridgehead atoms. The number of amides is 2. The van der Waals surface area contributed by atoms with Crippen LogP contribution in [0.25, 0.3) is 0 Å². The molecule has 1 N–H and O–H groups in total. The molecule has 0 aliphatic carbocycles. The molecule has 0 radical (unpaired) electrons. The maximum absolute atomic E-state index is 12.7. The minimum absolute atomic E-state index is 0.0218. The predicted molar refractivity (Wildman–Crippen MR) is 84.4 cm³/mol. The number of hydrogen-bond acceptors (Lipinski definition) is 4. The summed E-state index contributed by atoms with van der Waals surface area (Å²) in [7, 11) is -3.05. The summed E-state index contributed by atoms with van der Waals surface area (Å²) in [5, 5.41) is 9.34. The molecular formula is C15H18N2O5S. The summed E-state index contributed by atoms with van der Waals surface area (Å²) in [5.41, 5.74) is 1.23. The lowest BCUT2D eigenvalue weighted by Crippen LogP contribution is -2.51. The number of urea groups is 1. The monoisotopic (exact) mass is 338 g/mol. The van der Waals surface area contributed by atoms with Gasteiger partial charge in [-0.1, -0.05) is 18.2 Å². The number of benzene rings is 1. The van der Waals surface area contributed by atoms with Gasteiger partial charge in [0.15, 0.2) is 9.84 Å². The number of fused-ring (bicyclic) bond motifs is 1. The molecule has 1 aromatic rings. The van der Waals surface area contributed by atoms with Gasteiger partial charge in [0.25, 0.3) is 0 Å². The van der Waals surface area contributed by atoms with E-state index < -0.39 is 21.7 Å². The summed E-state index contributed by atoms with van der Waals surface area (Å²) in [6.45, 7) is 0.681. The molecule has 124 valence electrons. The lowest BCUT2D eigenvalue weighted by molar-refractivity contribution is -0.139. The van der Waals surface area contributed by atoms with Crippen LogP contribution in [0.5, 0.6) is 0 Å². The Hall–Kier alpha value is -2.09. The Labute approximate surface area is 134 Å². The van der Waals surface area contributed by atoms with Crippen molar-refractivity contribution in [3.8, 4) is 0 Å². The number of nitrogens with zero attached hydrogens (tertiary/aromatic N) is 2. The van der Waals surface area contributed by atoms with Gasteiger partial charge in [0.05, 0.1) is 17.4 Å². The van der Waals surface area contributed by atoms with Crippen LogP contribution in [0.1, 0.15) is 17.9 Å². The van der Waals surface area contributed by atoms with Gasteiger partial charge in [-0.05, 0) is 18.1 Å². The van der Waals surface area contributed by atoms with Crippen molar-refractivity contribution in [2.75, 3.05) is 36.0 Å². The average Bonchev–Trinajstić information content (AvgIpc) is 2.53. The molecule has 1 unspecified atom stereocenters. The molecule has 0 aromatic heterocycles. The zero-order valence-electron chi connectivity index (χ0n) is 12.5. The highest BCUT2D eigenvalue weighted by Crippen LogP contribution is 2.35. The number of carbonyl (C=O) groups excluding carboxylic acids is 1. The zero-order valence-corrected chi connectivity index (χ0v) is 13.3. The number of rotatable bonds is 1. The highest BCUT2D eigenvalue weighted by Gasteiger charge is 2.35. The summed E-state index contributed by atoms with van der Waals surface area (Å²) in [5.74, 6) is -1.55. The van der Waals surface area contributed by atoms with E-state index in [1.165, 1.54) is 4.90 Å². The Bertz CT molecular complexity index is 732. The van der Waals surface area contributed by atoms with E-state index in [9.17, 15) is 23.1 Å². The van der Waals surface area contributed by atoms with Gasteiger partial charge >= 0.3 is 12.0 Å². The van der Waals surface area contributed by atoms with Crippen LogP contribution in [0.15, 0.2) is 24.3 Å². The number of anilines is 1. The maximum atomic E-state index is 12.7. The van der Waals surface area contributed by atoms with E-state index in [0.717, 1.165) is 0 Å². The van der Waals surface area contributed by atoms with Gasteiger partial charge in [0.1, 0.15) is 0 Å². The number of aliphatic carboxylic acids is 1. The largest absolute Gasteiger partial charge is 0.481 e. The number of carboxylic acids is 1. The van der Waals surface area contributed by atoms with Crippen molar-refractivity contribution in [2.24, 2.45) is 0 Å². The third kappa shape index (κ3) is 3.03. The predicted octanol–water partition coefficient (Wildman–Crippen LogP) is 0.915. The second-order valence-electron chi connectivity index (χ2n) is 5.81. The fraction of sp³-hybridized carbons (Fsp3) is 0.467. The number of carbonyl (C=O) groups is 2. The number of sulfone groups is 1. The molecule has 0 spiro atoms. The van der Waals surface area contributed by atoms with Crippen LogP contribution >= 0.6 is 0 Å². The fourth-order valence-electron chi connectivity index (χ4n) is 3.09. The van der Waals surface area contributed by atoms with Gasteiger partial charge in [-0.25, -0.2) is 13.2 Å². The van der Waals surface area contributed by atoms with Crippen molar-refractivity contribution in [1.82, 2.24) is 4.90 Å². The van der Waals surface area contributed by atoms with E-state index in [2.05, 4.69) is 0 Å². The van der Waals surface area contributed by atoms with Crippen LogP contribution < -0.4 is 4.90 Å². The lowest BCUT2D eigenvalue weighted by Gasteiger charge is -2.37. The summed E-state index contributed by atoms with van der Waals surface area (Å²) in [4.78, 5) is 27.2. The number of para-hydroxylation sites is 1. The SMILES string of the molecule is O=C(O)C1CCN(C(=O)N2CCS(=O)(=O)CC2)c2ccccc21. The summed E-state index contributed by atoms with van der Waals surface area (Å²) in [6.07, 6.45) is 0.351. The fourth-order valence-corrected chi connectivity index (χ4v) is 4.29. The van der Waals surface area contributed by atoms with Crippen molar-refractivity contribution >= 4 is 27.5 Å². The highest BCUT2D eigenvalue weighted by molar-refractivity contribution is 7.91. The van der Waals surface area contributed by atoms with Gasteiger partial charge in [-0.15, -0.1) is 0 Å². The van der Waals surface area contributed by atoms with Crippen molar-refractivity contribution in [2.45, 2.75) is 12.3 Å². The molecule has 2 aliphatic rings. The molecule has 1 aromatic carbocycles. The highest BCUT2D eigenvalue weighted by atomic mass is 32.2. The standard InChI is InChI=1S/C15H18N2O5S/c18-14(19)12-5-6-17(13-4-2-1-3-11(12)13)15(20)16-7-9-23(21,22)10-8-16/h1-4,12H,5-10H2,(H,18,19). The van der Waals surface area contributed by atoms with E-state index >= 15 is 0 Å². The van der Waals surface area contributed by atoms with Crippen molar-refractivity contribution in [1.29, 1.82) is 0 Å². The second kappa shape index (κ2) is 5.84. The first kappa shape index (κ1) is 15.8. The minimum atomic E-state index is -3.05. The second-order valence-corrected chi connectivity index (χ2v) is 8.12. The van der Waals surface area contributed by atoms with Crippen molar-refractivity contribution in [3.63, 3.8) is 0 Å². The van der Waals surface area contributed by atoms with Gasteiger partial charge in [0, 0.05) is 25.3 Å². The first-order valence-corrected chi connectivity index (χ1v) is 9.30. The van der Waals surface area contributed by atoms with Crippen LogP contribution in [0.4, 0.5) is 10.5 Å². The van der Waals surface area contributed by atoms with Crippen molar-refractivity contribution in [3.05, 3.63) is 29.8 Å². The Kier molecular flexibility index (Phi) is 4.01. The third-order valence-corrected chi connectivity index (χ3v) is 6.00. The van der Waals surface area contributed by atoms with Gasteiger partial charge in [0.2, 0.25) is 0 Å². The first-order chi connectivity index (χ1) is 10.9. The normalized spacial score (nSPS) is 23.2. The molecular weight excluding hydrogens is 320 g/mol. The van der Waals surface area contributed by atoms with E-state index in [-0.39, 0.29) is 30.6 Å². The first-order valence-electron chi connectivity index (χ1n) is 7.47. The summed E-state index contributed by atoms with van der Waals surface area (Å²) in [6, 6.07) is 6.74. The third-order valence-electron chi connectivity index (χ3n) is 4.39. The Balaban J connectivity index is 1.85. The van der Waals surface area contributed by atoms with E-state index in [1.54, 1.807) is 29.2 Å². The quantitative estimate of drug-likeness (QED) is 0.821. The maximum Gasteiger partial charge on any atom is 0.324 e. The molecule has 23 heavy (non-hydrogen) atoms. The van der Waals surface area contributed by atoms with Crippen LogP contribution in [0, 0.1) is 0 Å². The van der Waals surface area contributed by atoms with E-state index in [1.807, 2.05) is 0 Å². The Morgan fingerprint density at radius 1 is 1.09 bits per heavy atom. The van der Waals surface area contributed by atoms with Gasteiger partial charge < -0.3 is 10.0 Å². The van der Waals surface area contributed by atoms with Gasteiger partial charge in [-0.3, -0.25) is 9.69 Å². The topological polar surface area (TPSA) is 95.0 Å². The molecule has 2 heterocycles. The molecule has 3 rings (SSSR count). The van der Waals surface area contributed by atoms with Gasteiger partial charge in [-0.2, -0.15) is 0 Å². The molecule has 2 amide bonds. The Morgan fingerprint density at radius 2 is 1.74 bits per heavy atom. The van der Waals surface area contributed by atoms with Crippen LogP contribution in [0.3, 0.4) is 0 Å². The molecule has 1 saturated heterocycles. The summed E-state index contributed by atoms with van der Waals surface area (Å²) < 4.78 is 23.0. The average molecular weight is 338 g/mol. The lowest BCUT2D eigenvalue weighted by atomic mass is 9.90. The van der Waals surface area contributed by atoms with Crippen LogP contribution in [0.2, 0.25) is 0 Å². The summed E-state index contributed by atoms with van der Waals surface area (Å²) >= 11 is 0. The molecule has 0 saturated carbocycles. The number of hydrogen-bond donors (Lipinski definition) is 1. The van der Waals surface area contributed by atoms with Crippen LogP contribution in [-0.4, -0.2) is 61.6 Å². The van der Waals surface area contributed by atoms with Crippen molar-refractivity contribution < 1.29 is 23.1 Å². The van der Waals surface area contributed by atoms with Crippen LogP contribution in [-0.2, 0) is 14.6 Å². The number of carboxylic acid groups (broad SMARTS) is 1. The molecule has 1 atom stereocenters. The molecule has 1 fully saturated rings. The Morgan fingerprint density at radius 3 is 2.39 bits per heavy atom. The van der Waals surface area contributed by atoms with E-state index in [4.69, 9.17) is 0 Å².